The van der Waals surface area contributed by atoms with Gasteiger partial charge in [0.05, 0.1) is 13.0 Å². The van der Waals surface area contributed by atoms with E-state index in [9.17, 15) is 9.59 Å². The molecule has 0 N–H and O–H groups in total. The third-order valence-electron chi connectivity index (χ3n) is 2.62. The Bertz CT molecular complexity index is 482. The van der Waals surface area contributed by atoms with Gasteiger partial charge in [-0.15, -0.1) is 0 Å². The van der Waals surface area contributed by atoms with E-state index in [1.165, 1.54) is 11.0 Å². The van der Waals surface area contributed by atoms with Gasteiger partial charge >= 0.3 is 5.97 Å². The maximum Gasteiger partial charge on any atom is 0.307 e. The van der Waals surface area contributed by atoms with E-state index in [0.29, 0.717) is 18.2 Å². The van der Waals surface area contributed by atoms with Crippen LogP contribution in [0.5, 0.6) is 0 Å². The molecule has 1 aromatic rings. The fourth-order valence-corrected chi connectivity index (χ4v) is 1.60. The van der Waals surface area contributed by atoms with E-state index in [2.05, 4.69) is 0 Å². The van der Waals surface area contributed by atoms with Crippen LogP contribution in [0.1, 0.15) is 18.9 Å². The van der Waals surface area contributed by atoms with Crippen LogP contribution in [0.15, 0.2) is 30.3 Å². The Labute approximate surface area is 124 Å². The first-order valence-corrected chi connectivity index (χ1v) is 6.75. The average Bonchev–Trinajstić information content (AvgIpc) is 2.44. The first-order chi connectivity index (χ1) is 9.52. The molecule has 0 aliphatic heterocycles. The van der Waals surface area contributed by atoms with Gasteiger partial charge in [0.25, 0.3) is 0 Å². The summed E-state index contributed by atoms with van der Waals surface area (Å²) < 4.78 is 4.81. The second kappa shape index (κ2) is 8.38. The van der Waals surface area contributed by atoms with E-state index in [4.69, 9.17) is 16.3 Å². The minimum absolute atomic E-state index is 0.163. The summed E-state index contributed by atoms with van der Waals surface area (Å²) in [6.07, 6.45) is 3.37. The number of hydrogen-bond acceptors (Lipinski definition) is 3. The highest BCUT2D eigenvalue weighted by Crippen LogP contribution is 2.10. The second-order valence-electron chi connectivity index (χ2n) is 4.20. The lowest BCUT2D eigenvalue weighted by molar-refractivity contribution is -0.143. The number of halogens is 1. The van der Waals surface area contributed by atoms with E-state index in [1.807, 2.05) is 12.1 Å². The van der Waals surface area contributed by atoms with Crippen LogP contribution in [-0.2, 0) is 14.3 Å². The van der Waals surface area contributed by atoms with Crippen molar-refractivity contribution in [2.24, 2.45) is 0 Å². The molecular weight excluding hydrogens is 278 g/mol. The van der Waals surface area contributed by atoms with Crippen molar-refractivity contribution < 1.29 is 14.3 Å². The molecule has 20 heavy (non-hydrogen) atoms. The summed E-state index contributed by atoms with van der Waals surface area (Å²) in [5.41, 5.74) is 0.890. The van der Waals surface area contributed by atoms with E-state index < -0.39 is 0 Å². The molecule has 0 aliphatic carbocycles. The molecule has 108 valence electrons. The molecule has 0 radical (unpaired) electrons. The zero-order chi connectivity index (χ0) is 15.0. The predicted molar refractivity (Wildman–Crippen MR) is 79.4 cm³/mol. The zero-order valence-electron chi connectivity index (χ0n) is 11.6. The number of nitrogens with zero attached hydrogens (tertiary/aromatic N) is 1. The van der Waals surface area contributed by atoms with Gasteiger partial charge < -0.3 is 9.64 Å². The largest absolute Gasteiger partial charge is 0.466 e. The summed E-state index contributed by atoms with van der Waals surface area (Å²) in [6, 6.07) is 7.17. The molecule has 1 aromatic carbocycles. The third-order valence-corrected chi connectivity index (χ3v) is 2.87. The zero-order valence-corrected chi connectivity index (χ0v) is 12.4. The van der Waals surface area contributed by atoms with Crippen molar-refractivity contribution in [2.45, 2.75) is 13.3 Å². The first-order valence-electron chi connectivity index (χ1n) is 6.37. The van der Waals surface area contributed by atoms with Crippen molar-refractivity contribution in [1.82, 2.24) is 4.90 Å². The number of rotatable bonds is 6. The minimum atomic E-state index is -0.297. The Kier molecular flexibility index (Phi) is 6.81. The summed E-state index contributed by atoms with van der Waals surface area (Å²) in [4.78, 5) is 24.5. The number of likely N-dealkylation sites (N-methyl/N-ethyl adjacent to an activating group) is 1. The number of esters is 1. The molecular formula is C15H18ClNO3. The van der Waals surface area contributed by atoms with Crippen LogP contribution < -0.4 is 0 Å². The molecule has 0 aromatic heterocycles. The minimum Gasteiger partial charge on any atom is -0.466 e. The van der Waals surface area contributed by atoms with Gasteiger partial charge in [0.1, 0.15) is 0 Å². The van der Waals surface area contributed by atoms with E-state index in [-0.39, 0.29) is 18.3 Å². The van der Waals surface area contributed by atoms with E-state index >= 15 is 0 Å². The number of amides is 1. The maximum atomic E-state index is 11.8. The quantitative estimate of drug-likeness (QED) is 0.599. The highest BCUT2D eigenvalue weighted by molar-refractivity contribution is 6.30. The van der Waals surface area contributed by atoms with Crippen LogP contribution in [-0.4, -0.2) is 37.0 Å². The lowest BCUT2D eigenvalue weighted by Crippen LogP contribution is -2.27. The van der Waals surface area contributed by atoms with Crippen LogP contribution in [0.4, 0.5) is 0 Å². The summed E-state index contributed by atoms with van der Waals surface area (Å²) >= 11 is 5.78. The highest BCUT2D eigenvalue weighted by Gasteiger charge is 2.08. The van der Waals surface area contributed by atoms with Gasteiger partial charge in [0.2, 0.25) is 5.91 Å². The van der Waals surface area contributed by atoms with Crippen molar-refractivity contribution in [1.29, 1.82) is 0 Å². The van der Waals surface area contributed by atoms with Gasteiger partial charge in [-0.25, -0.2) is 0 Å². The normalized spacial score (nSPS) is 10.6. The molecule has 1 rings (SSSR count). The standard InChI is InChI=1S/C15H18ClNO3/c1-3-20-15(19)10-11-17(2)14(18)9-6-12-4-7-13(16)8-5-12/h4-9H,3,10-11H2,1-2H3. The predicted octanol–water partition coefficient (Wildman–Crippen LogP) is 2.76. The van der Waals surface area contributed by atoms with Crippen molar-refractivity contribution >= 4 is 29.6 Å². The number of carbonyl (C=O) groups is 2. The molecule has 0 atom stereocenters. The first kappa shape index (κ1) is 16.2. The molecule has 1 amide bonds. The van der Waals surface area contributed by atoms with Crippen molar-refractivity contribution in [2.75, 3.05) is 20.2 Å². The topological polar surface area (TPSA) is 46.6 Å². The highest BCUT2D eigenvalue weighted by atomic mass is 35.5. The van der Waals surface area contributed by atoms with Crippen LogP contribution in [0.25, 0.3) is 6.08 Å². The summed E-state index contributed by atoms with van der Waals surface area (Å²) in [6.45, 7) is 2.44. The summed E-state index contributed by atoms with van der Waals surface area (Å²) in [5, 5.41) is 0.653. The number of hydrogen-bond donors (Lipinski definition) is 0. The monoisotopic (exact) mass is 295 g/mol. The van der Waals surface area contributed by atoms with Gasteiger partial charge in [0.15, 0.2) is 0 Å². The van der Waals surface area contributed by atoms with Crippen LogP contribution in [0, 0.1) is 0 Å². The van der Waals surface area contributed by atoms with Crippen molar-refractivity contribution in [3.05, 3.63) is 40.9 Å². The Morgan fingerprint density at radius 3 is 2.55 bits per heavy atom. The van der Waals surface area contributed by atoms with E-state index in [0.717, 1.165) is 5.56 Å². The average molecular weight is 296 g/mol. The smallest absolute Gasteiger partial charge is 0.307 e. The fraction of sp³-hybridized carbons (Fsp3) is 0.333. The Balaban J connectivity index is 2.45. The molecule has 0 fully saturated rings. The Morgan fingerprint density at radius 1 is 1.30 bits per heavy atom. The van der Waals surface area contributed by atoms with Gasteiger partial charge in [0, 0.05) is 24.7 Å². The third kappa shape index (κ3) is 5.89. The van der Waals surface area contributed by atoms with E-state index in [1.54, 1.807) is 32.2 Å². The molecule has 0 saturated carbocycles. The molecule has 0 spiro atoms. The lowest BCUT2D eigenvalue weighted by Gasteiger charge is -2.14. The summed E-state index contributed by atoms with van der Waals surface area (Å²) in [7, 11) is 1.65. The molecule has 4 nitrogen and oxygen atoms in total. The molecule has 0 saturated heterocycles. The fourth-order valence-electron chi connectivity index (χ4n) is 1.47. The van der Waals surface area contributed by atoms with Crippen LogP contribution in [0.2, 0.25) is 5.02 Å². The molecule has 0 heterocycles. The van der Waals surface area contributed by atoms with Crippen LogP contribution in [0.3, 0.4) is 0 Å². The number of carbonyl (C=O) groups excluding carboxylic acids is 2. The molecule has 0 bridgehead atoms. The number of benzene rings is 1. The second-order valence-corrected chi connectivity index (χ2v) is 4.64. The Hall–Kier alpha value is -1.81. The van der Waals surface area contributed by atoms with Gasteiger partial charge in [-0.2, -0.15) is 0 Å². The molecule has 0 unspecified atom stereocenters. The SMILES string of the molecule is CCOC(=O)CCN(C)C(=O)C=Cc1ccc(Cl)cc1. The van der Waals surface area contributed by atoms with Gasteiger partial charge in [-0.3, -0.25) is 9.59 Å². The number of ether oxygens (including phenoxy) is 1. The van der Waals surface area contributed by atoms with Gasteiger partial charge in [-0.1, -0.05) is 23.7 Å². The molecule has 5 heteroatoms. The maximum absolute atomic E-state index is 11.8. The summed E-state index contributed by atoms with van der Waals surface area (Å²) in [5.74, 6) is -0.460. The Morgan fingerprint density at radius 2 is 1.95 bits per heavy atom. The van der Waals surface area contributed by atoms with Crippen molar-refractivity contribution in [3.63, 3.8) is 0 Å². The molecule has 0 aliphatic rings. The van der Waals surface area contributed by atoms with Gasteiger partial charge in [-0.05, 0) is 30.7 Å². The van der Waals surface area contributed by atoms with Crippen molar-refractivity contribution in [3.8, 4) is 0 Å². The lowest BCUT2D eigenvalue weighted by atomic mass is 10.2. The van der Waals surface area contributed by atoms with Crippen LogP contribution >= 0.6 is 11.6 Å².